The Morgan fingerprint density at radius 1 is 0.930 bits per heavy atom. The van der Waals surface area contributed by atoms with E-state index < -0.39 is 12.0 Å². The van der Waals surface area contributed by atoms with Gasteiger partial charge >= 0.3 is 5.97 Å². The Kier molecular flexibility index (Phi) is 9.26. The quantitative estimate of drug-likeness (QED) is 0.187. The van der Waals surface area contributed by atoms with Crippen LogP contribution in [0.3, 0.4) is 0 Å². The van der Waals surface area contributed by atoms with Crippen molar-refractivity contribution in [3.05, 3.63) is 115 Å². The number of allylic oxidation sites excluding steroid dienone is 1. The average molecular weight is 601 g/mol. The predicted molar refractivity (Wildman–Crippen MR) is 164 cm³/mol. The van der Waals surface area contributed by atoms with Crippen LogP contribution in [0.4, 0.5) is 0 Å². The lowest BCUT2D eigenvalue weighted by molar-refractivity contribution is -0.139. The largest absolute Gasteiger partial charge is 0.497 e. The second kappa shape index (κ2) is 13.4. The molecule has 0 bridgehead atoms. The fraction of sp³-hybridized carbons (Fsp3) is 0.242. The third kappa shape index (κ3) is 6.49. The second-order valence-corrected chi connectivity index (χ2v) is 10.5. The Labute approximate surface area is 252 Å². The molecule has 1 aromatic heterocycles. The first-order valence-electron chi connectivity index (χ1n) is 13.8. The average Bonchev–Trinajstić information content (AvgIpc) is 3.33. The van der Waals surface area contributed by atoms with Gasteiger partial charge in [-0.3, -0.25) is 9.36 Å². The molecule has 0 amide bonds. The number of fused-ring (bicyclic) bond motifs is 1. The number of hydrogen-bond donors (Lipinski definition) is 0. The second-order valence-electron chi connectivity index (χ2n) is 9.50. The van der Waals surface area contributed by atoms with Gasteiger partial charge in [0.25, 0.3) is 5.56 Å². The number of para-hydroxylation sites is 1. The minimum Gasteiger partial charge on any atom is -0.497 e. The molecule has 5 rings (SSSR count). The van der Waals surface area contributed by atoms with Gasteiger partial charge in [-0.2, -0.15) is 0 Å². The lowest BCUT2D eigenvalue weighted by Gasteiger charge is -2.24. The zero-order valence-corrected chi connectivity index (χ0v) is 25.2. The number of benzene rings is 3. The molecule has 2 heterocycles. The Bertz CT molecular complexity index is 1810. The van der Waals surface area contributed by atoms with E-state index in [9.17, 15) is 9.59 Å². The van der Waals surface area contributed by atoms with Gasteiger partial charge in [0.1, 0.15) is 24.7 Å². The van der Waals surface area contributed by atoms with E-state index in [1.165, 1.54) is 11.3 Å². The van der Waals surface area contributed by atoms with Crippen molar-refractivity contribution in [3.8, 4) is 23.0 Å². The topological polar surface area (TPSA) is 97.6 Å². The fourth-order valence-corrected chi connectivity index (χ4v) is 5.81. The van der Waals surface area contributed by atoms with E-state index >= 15 is 0 Å². The summed E-state index contributed by atoms with van der Waals surface area (Å²) in [6.07, 6.45) is 1.78. The summed E-state index contributed by atoms with van der Waals surface area (Å²) in [4.78, 5) is 32.1. The van der Waals surface area contributed by atoms with Crippen molar-refractivity contribution in [1.29, 1.82) is 0 Å². The fourth-order valence-electron chi connectivity index (χ4n) is 4.77. The summed E-state index contributed by atoms with van der Waals surface area (Å²) >= 11 is 1.25. The van der Waals surface area contributed by atoms with E-state index in [0.29, 0.717) is 51.1 Å². The maximum atomic E-state index is 13.9. The molecule has 1 aliphatic heterocycles. The van der Waals surface area contributed by atoms with Crippen molar-refractivity contribution in [1.82, 2.24) is 4.57 Å². The maximum absolute atomic E-state index is 13.9. The van der Waals surface area contributed by atoms with Crippen molar-refractivity contribution >= 4 is 23.4 Å². The first-order chi connectivity index (χ1) is 20.9. The molecule has 1 atom stereocenters. The molecular weight excluding hydrogens is 568 g/mol. The molecule has 0 radical (unpaired) electrons. The molecule has 43 heavy (non-hydrogen) atoms. The van der Waals surface area contributed by atoms with Crippen LogP contribution in [0, 0.1) is 0 Å². The number of rotatable bonds is 11. The summed E-state index contributed by atoms with van der Waals surface area (Å²) in [5, 5.41) is 0. The highest BCUT2D eigenvalue weighted by molar-refractivity contribution is 7.07. The molecule has 1 aliphatic rings. The number of hydrogen-bond acceptors (Lipinski definition) is 9. The summed E-state index contributed by atoms with van der Waals surface area (Å²) in [5.74, 6) is 2.02. The molecule has 9 nitrogen and oxygen atoms in total. The monoisotopic (exact) mass is 600 g/mol. The van der Waals surface area contributed by atoms with Crippen LogP contribution in [0.1, 0.15) is 31.0 Å². The standard InChI is InChI=1S/C33H32N2O7S/c1-5-40-32(37)29-21(2)34-33-35(30(29)23-12-14-24(38-3)15-13-23)31(36)28(43-33)20-22-11-16-26(27(19-22)39-4)42-18-17-41-25-9-7-6-8-10-25/h6-16,19-20,30H,5,17-18H2,1-4H3. The number of thiazole rings is 1. The van der Waals surface area contributed by atoms with Gasteiger partial charge in [-0.25, -0.2) is 9.79 Å². The normalized spacial score (nSPS) is 14.5. The van der Waals surface area contributed by atoms with Gasteiger partial charge in [-0.15, -0.1) is 0 Å². The van der Waals surface area contributed by atoms with Crippen molar-refractivity contribution < 1.29 is 28.5 Å². The minimum absolute atomic E-state index is 0.205. The molecule has 3 aromatic carbocycles. The maximum Gasteiger partial charge on any atom is 0.338 e. The van der Waals surface area contributed by atoms with Crippen LogP contribution in [0.5, 0.6) is 23.0 Å². The number of carbonyl (C=O) groups excluding carboxylic acids is 1. The molecule has 10 heteroatoms. The third-order valence-corrected chi connectivity index (χ3v) is 7.77. The van der Waals surface area contributed by atoms with Gasteiger partial charge in [0.2, 0.25) is 0 Å². The number of carbonyl (C=O) groups is 1. The predicted octanol–water partition coefficient (Wildman–Crippen LogP) is 4.27. The molecule has 0 spiro atoms. The van der Waals surface area contributed by atoms with E-state index in [1.54, 1.807) is 56.9 Å². The van der Waals surface area contributed by atoms with E-state index in [-0.39, 0.29) is 12.2 Å². The number of ether oxygens (including phenoxy) is 5. The number of nitrogens with zero attached hydrogens (tertiary/aromatic N) is 2. The molecule has 4 aromatic rings. The van der Waals surface area contributed by atoms with Gasteiger partial charge in [0.15, 0.2) is 16.3 Å². The van der Waals surface area contributed by atoms with Crippen LogP contribution in [-0.4, -0.2) is 44.6 Å². The minimum atomic E-state index is -0.702. The first kappa shape index (κ1) is 29.7. The molecule has 0 saturated carbocycles. The zero-order chi connectivity index (χ0) is 30.3. The van der Waals surface area contributed by atoms with Crippen LogP contribution in [0.2, 0.25) is 0 Å². The van der Waals surface area contributed by atoms with Gasteiger partial charge in [0, 0.05) is 0 Å². The SMILES string of the molecule is CCOC(=O)C1=C(C)N=c2sc(=Cc3ccc(OCCOc4ccccc4)c(OC)c3)c(=O)n2C1c1ccc(OC)cc1. The van der Waals surface area contributed by atoms with Gasteiger partial charge in [-0.1, -0.05) is 47.7 Å². The van der Waals surface area contributed by atoms with Crippen molar-refractivity contribution in [2.24, 2.45) is 4.99 Å². The van der Waals surface area contributed by atoms with Gasteiger partial charge < -0.3 is 23.7 Å². The summed E-state index contributed by atoms with van der Waals surface area (Å²) in [7, 11) is 3.15. The highest BCUT2D eigenvalue weighted by atomic mass is 32.1. The van der Waals surface area contributed by atoms with Crippen LogP contribution in [-0.2, 0) is 9.53 Å². The number of aromatic nitrogens is 1. The molecular formula is C33H32N2O7S. The Morgan fingerprint density at radius 3 is 2.37 bits per heavy atom. The van der Waals surface area contributed by atoms with E-state index in [1.807, 2.05) is 54.6 Å². The van der Waals surface area contributed by atoms with E-state index in [2.05, 4.69) is 4.99 Å². The van der Waals surface area contributed by atoms with Crippen molar-refractivity contribution in [2.45, 2.75) is 19.9 Å². The molecule has 1 unspecified atom stereocenters. The smallest absolute Gasteiger partial charge is 0.338 e. The van der Waals surface area contributed by atoms with Gasteiger partial charge in [0.05, 0.1) is 42.7 Å². The van der Waals surface area contributed by atoms with Crippen LogP contribution in [0.25, 0.3) is 6.08 Å². The Hall–Kier alpha value is -4.83. The third-order valence-electron chi connectivity index (χ3n) is 6.79. The van der Waals surface area contributed by atoms with Crippen molar-refractivity contribution in [2.75, 3.05) is 34.0 Å². The Balaban J connectivity index is 1.46. The van der Waals surface area contributed by atoms with Gasteiger partial charge in [-0.05, 0) is 67.4 Å². The van der Waals surface area contributed by atoms with Crippen LogP contribution in [0.15, 0.2) is 93.9 Å². The van der Waals surface area contributed by atoms with Crippen LogP contribution < -0.4 is 33.8 Å². The number of methoxy groups -OCH3 is 2. The highest BCUT2D eigenvalue weighted by Crippen LogP contribution is 2.32. The summed E-state index contributed by atoms with van der Waals surface area (Å²) < 4.78 is 29.8. The number of esters is 1. The molecule has 0 saturated heterocycles. The van der Waals surface area contributed by atoms with E-state index in [0.717, 1.165) is 16.9 Å². The van der Waals surface area contributed by atoms with E-state index in [4.69, 9.17) is 23.7 Å². The zero-order valence-electron chi connectivity index (χ0n) is 24.4. The van der Waals surface area contributed by atoms with Crippen molar-refractivity contribution in [3.63, 3.8) is 0 Å². The lowest BCUT2D eigenvalue weighted by Crippen LogP contribution is -2.39. The molecule has 0 aliphatic carbocycles. The summed E-state index contributed by atoms with van der Waals surface area (Å²) in [6, 6.07) is 21.6. The van der Waals surface area contributed by atoms with Crippen LogP contribution >= 0.6 is 11.3 Å². The molecule has 0 N–H and O–H groups in total. The first-order valence-corrected chi connectivity index (χ1v) is 14.6. The highest BCUT2D eigenvalue weighted by Gasteiger charge is 2.33. The summed E-state index contributed by atoms with van der Waals surface area (Å²) in [5.41, 5.74) is 2.05. The summed E-state index contributed by atoms with van der Waals surface area (Å²) in [6.45, 7) is 4.41. The molecule has 222 valence electrons. The lowest BCUT2D eigenvalue weighted by atomic mass is 9.96. The Morgan fingerprint density at radius 2 is 1.67 bits per heavy atom. The molecule has 0 fully saturated rings.